The number of nitrogens with one attached hydrogen (secondary N) is 1. The number of hydrogen-bond acceptors (Lipinski definition) is 9. The van der Waals surface area contributed by atoms with Crippen LogP contribution in [0.2, 0.25) is 0 Å². The molecule has 264 valence electrons. The van der Waals surface area contributed by atoms with Crippen molar-refractivity contribution in [3.63, 3.8) is 0 Å². The molecule has 2 fully saturated rings. The molecule has 0 aromatic heterocycles. The second kappa shape index (κ2) is 25.6. The molecule has 12 heteroatoms. The summed E-state index contributed by atoms with van der Waals surface area (Å²) >= 11 is 1.96. The third-order valence-electron chi connectivity index (χ3n) is 6.50. The van der Waals surface area contributed by atoms with Crippen LogP contribution in [0.1, 0.15) is 73.8 Å². The van der Waals surface area contributed by atoms with Crippen LogP contribution < -0.4 is 5.32 Å². The van der Waals surface area contributed by atoms with Gasteiger partial charge in [-0.1, -0.05) is 32.6 Å². The van der Waals surface area contributed by atoms with Gasteiger partial charge in [0.15, 0.2) is 5.78 Å². The Kier molecular flexibility index (Phi) is 27.3. The van der Waals surface area contributed by atoms with Crippen molar-refractivity contribution in [2.24, 2.45) is 4.99 Å². The van der Waals surface area contributed by atoms with Gasteiger partial charge in [-0.25, -0.2) is 0 Å². The van der Waals surface area contributed by atoms with Gasteiger partial charge in [0.1, 0.15) is 0 Å². The molecule has 0 amide bonds. The number of aliphatic imine (C=N–C) groups is 1. The number of ether oxygens (including phenoxy) is 2. The van der Waals surface area contributed by atoms with E-state index in [1.807, 2.05) is 46.4 Å². The molecule has 1 aromatic carbocycles. The number of hydrogen-bond donors (Lipinski definition) is 2. The predicted molar refractivity (Wildman–Crippen MR) is 193 cm³/mol. The van der Waals surface area contributed by atoms with E-state index in [2.05, 4.69) is 35.6 Å². The van der Waals surface area contributed by atoms with Crippen LogP contribution in [0.4, 0.5) is 0 Å². The second-order valence-corrected chi connectivity index (χ2v) is 14.8. The number of carbonyl (C=O) groups excluding carboxylic acids is 1. The Morgan fingerprint density at radius 2 is 1.80 bits per heavy atom. The minimum absolute atomic E-state index is 0. The zero-order valence-corrected chi connectivity index (χ0v) is 31.1. The minimum atomic E-state index is -0.976. The van der Waals surface area contributed by atoms with Gasteiger partial charge in [0, 0.05) is 60.9 Å². The van der Waals surface area contributed by atoms with E-state index in [4.69, 9.17) is 14.6 Å². The molecule has 3 aliphatic heterocycles. The standard InChI is InChI=1S/C11H21N3S.C11H12O2S.C5H12O.C4H8O2.C2H6.2H2O/c1-10-13-8-11(2,15-10)9-14-6-3-4-12-5-7-14;1-8(9(2)12)10-4-6-11(7-5-10)14(3)13;1-5(2,3)6-4;5-4-1-2-6-3-4;1-2;;/h12H,3-9H2,1-2H3;4-7H,1H2,2-3H3;1-4H3;4-5H,1-3H2;1-2H3;2*1H2/t;;;4-;;;/m...1.../s1. The first-order valence-corrected chi connectivity index (χ1v) is 17.6. The van der Waals surface area contributed by atoms with Crippen molar-refractivity contribution in [2.75, 3.05) is 65.8 Å². The number of aliphatic hydroxyl groups excluding tert-OH is 1. The highest BCUT2D eigenvalue weighted by Crippen LogP contribution is 2.33. The Morgan fingerprint density at radius 1 is 1.22 bits per heavy atom. The van der Waals surface area contributed by atoms with Crippen molar-refractivity contribution in [3.8, 4) is 0 Å². The lowest BCUT2D eigenvalue weighted by Crippen LogP contribution is -2.41. The van der Waals surface area contributed by atoms with E-state index in [1.54, 1.807) is 37.6 Å². The molecular weight excluding hydrogens is 615 g/mol. The molecule has 3 aliphatic rings. The average molecular weight is 678 g/mol. The first-order valence-electron chi connectivity index (χ1n) is 15.2. The van der Waals surface area contributed by atoms with Crippen LogP contribution in [-0.2, 0) is 25.1 Å². The van der Waals surface area contributed by atoms with Crippen molar-refractivity contribution >= 4 is 39.0 Å². The number of nitrogens with zero attached hydrogens (tertiary/aromatic N) is 2. The molecular formula is C33H63N3O7S2. The van der Waals surface area contributed by atoms with E-state index in [9.17, 15) is 9.00 Å². The average Bonchev–Trinajstić information content (AvgIpc) is 3.49. The number of Topliss-reactive ketones (excluding diaryl/α,β-unsaturated/α-hetero) is 1. The monoisotopic (exact) mass is 677 g/mol. The first-order chi connectivity index (χ1) is 20.2. The number of allylic oxidation sites excluding steroid dienone is 1. The summed E-state index contributed by atoms with van der Waals surface area (Å²) in [7, 11) is 0.733. The van der Waals surface area contributed by atoms with Crippen LogP contribution in [0.3, 0.4) is 0 Å². The Bertz CT molecular complexity index is 987. The van der Waals surface area contributed by atoms with Crippen molar-refractivity contribution in [1.82, 2.24) is 10.2 Å². The molecule has 2 saturated heterocycles. The maximum Gasteiger partial charge on any atom is 0.159 e. The van der Waals surface area contributed by atoms with Crippen molar-refractivity contribution in [3.05, 3.63) is 36.4 Å². The normalized spacial score (nSPS) is 21.4. The van der Waals surface area contributed by atoms with Gasteiger partial charge in [-0.05, 0) is 85.2 Å². The third-order valence-corrected chi connectivity index (χ3v) is 8.61. The van der Waals surface area contributed by atoms with Crippen LogP contribution in [0, 0.1) is 0 Å². The summed E-state index contributed by atoms with van der Waals surface area (Å²) in [6.45, 7) is 27.9. The van der Waals surface area contributed by atoms with E-state index in [0.29, 0.717) is 16.9 Å². The van der Waals surface area contributed by atoms with E-state index >= 15 is 0 Å². The zero-order valence-electron chi connectivity index (χ0n) is 29.5. The van der Waals surface area contributed by atoms with Gasteiger partial charge in [-0.3, -0.25) is 14.0 Å². The number of benzene rings is 1. The maximum atomic E-state index is 11.1. The lowest BCUT2D eigenvalue weighted by atomic mass is 10.1. The van der Waals surface area contributed by atoms with Crippen LogP contribution >= 0.6 is 11.8 Å². The van der Waals surface area contributed by atoms with Crippen LogP contribution in [0.25, 0.3) is 5.57 Å². The summed E-state index contributed by atoms with van der Waals surface area (Å²) in [5.74, 6) is -0.0460. The fourth-order valence-corrected chi connectivity index (χ4v) is 5.63. The summed E-state index contributed by atoms with van der Waals surface area (Å²) < 4.78 is 21.2. The van der Waals surface area contributed by atoms with Gasteiger partial charge in [0.2, 0.25) is 0 Å². The van der Waals surface area contributed by atoms with Crippen molar-refractivity contribution < 1.29 is 34.5 Å². The second-order valence-electron chi connectivity index (χ2n) is 11.6. The number of aliphatic hydroxyl groups is 1. The fourth-order valence-electron chi connectivity index (χ4n) is 3.89. The zero-order chi connectivity index (χ0) is 33.1. The smallest absolute Gasteiger partial charge is 0.159 e. The highest BCUT2D eigenvalue weighted by molar-refractivity contribution is 8.15. The molecule has 1 aromatic rings. The van der Waals surface area contributed by atoms with Gasteiger partial charge in [0.05, 0.1) is 34.6 Å². The van der Waals surface area contributed by atoms with Crippen LogP contribution in [0.15, 0.2) is 40.7 Å². The molecule has 3 atom stereocenters. The summed E-state index contributed by atoms with van der Waals surface area (Å²) in [6, 6.07) is 7.03. The molecule has 4 rings (SSSR count). The van der Waals surface area contributed by atoms with E-state index in [1.165, 1.54) is 44.6 Å². The van der Waals surface area contributed by atoms with Gasteiger partial charge >= 0.3 is 0 Å². The fraction of sp³-hybridized carbons (Fsp3) is 0.697. The molecule has 2 unspecified atom stereocenters. The van der Waals surface area contributed by atoms with E-state index in [-0.39, 0.29) is 28.4 Å². The number of methoxy groups -OCH3 is 1. The highest BCUT2D eigenvalue weighted by atomic mass is 32.2. The molecule has 45 heavy (non-hydrogen) atoms. The van der Waals surface area contributed by atoms with Gasteiger partial charge in [0.25, 0.3) is 0 Å². The number of carbonyl (C=O) groups is 1. The highest BCUT2D eigenvalue weighted by Gasteiger charge is 2.32. The Morgan fingerprint density at radius 3 is 2.18 bits per heavy atom. The summed E-state index contributed by atoms with van der Waals surface area (Å²) in [5, 5.41) is 13.3. The SMILES string of the molecule is C=C(C(C)=O)c1ccc(S(C)=O)cc1.CC.CC1=NCC(C)(CN2CCCNCC2)S1.COC(C)(C)C.O.O.O[C@@H]1CCOC1. The summed E-state index contributed by atoms with van der Waals surface area (Å²) in [4.78, 5) is 18.9. The van der Waals surface area contributed by atoms with Crippen LogP contribution in [0.5, 0.6) is 0 Å². The van der Waals surface area contributed by atoms with Crippen LogP contribution in [-0.4, -0.2) is 118 Å². The minimum Gasteiger partial charge on any atom is -0.412 e. The molecule has 6 N–H and O–H groups in total. The van der Waals surface area contributed by atoms with Crippen molar-refractivity contribution in [1.29, 1.82) is 0 Å². The predicted octanol–water partition coefficient (Wildman–Crippen LogP) is 3.81. The molecule has 3 heterocycles. The third kappa shape index (κ3) is 22.6. The molecule has 0 spiro atoms. The number of thioether (sulfide) groups is 1. The van der Waals surface area contributed by atoms with Gasteiger partial charge in [-0.2, -0.15) is 0 Å². The molecule has 10 nitrogen and oxygen atoms in total. The van der Waals surface area contributed by atoms with Crippen molar-refractivity contribution in [2.45, 2.75) is 89.6 Å². The Balaban J connectivity index is -0.000000542. The number of ketones is 1. The molecule has 0 radical (unpaired) electrons. The lowest BCUT2D eigenvalue weighted by molar-refractivity contribution is -0.111. The topological polar surface area (TPSA) is 163 Å². The van der Waals surface area contributed by atoms with Gasteiger partial charge < -0.3 is 35.7 Å². The lowest BCUT2D eigenvalue weighted by Gasteiger charge is -2.30. The quantitative estimate of drug-likeness (QED) is 0.445. The first kappa shape index (κ1) is 47.9. The molecule has 0 aliphatic carbocycles. The van der Waals surface area contributed by atoms with Gasteiger partial charge in [-0.15, -0.1) is 11.8 Å². The maximum absolute atomic E-state index is 11.1. The Hall–Kier alpha value is -1.48. The summed E-state index contributed by atoms with van der Waals surface area (Å²) in [5.41, 5.74) is 1.31. The van der Waals surface area contributed by atoms with E-state index in [0.717, 1.165) is 36.6 Å². The van der Waals surface area contributed by atoms with E-state index < -0.39 is 10.8 Å². The number of rotatable bonds is 5. The summed E-state index contributed by atoms with van der Waals surface area (Å²) in [6.07, 6.45) is 3.54. The molecule has 0 saturated carbocycles. The largest absolute Gasteiger partial charge is 0.412 e. The molecule has 0 bridgehead atoms. The Labute approximate surface area is 279 Å².